The van der Waals surface area contributed by atoms with Gasteiger partial charge in [-0.05, 0) is 41.6 Å². The van der Waals surface area contributed by atoms with Crippen molar-refractivity contribution in [3.8, 4) is 0 Å². The first-order valence-electron chi connectivity index (χ1n) is 7.81. The molecule has 0 saturated carbocycles. The molecule has 0 aliphatic carbocycles. The topological polar surface area (TPSA) is 66.5 Å². The zero-order valence-electron chi connectivity index (χ0n) is 14.1. The minimum atomic E-state index is -1.75. The summed E-state index contributed by atoms with van der Waals surface area (Å²) in [6.45, 7) is -0.746. The number of imide groups is 1. The van der Waals surface area contributed by atoms with E-state index in [2.05, 4.69) is 0 Å². The molecular weight excluding hydrogens is 452 g/mol. The number of halogens is 5. The van der Waals surface area contributed by atoms with Gasteiger partial charge in [0.05, 0.1) is 20.6 Å². The highest BCUT2D eigenvalue weighted by Gasteiger charge is 2.36. The highest BCUT2D eigenvalue weighted by atomic mass is 35.5. The molecule has 0 radical (unpaired) electrons. The molecule has 3 rings (SSSR count). The molecule has 11 heteroatoms. The summed E-state index contributed by atoms with van der Waals surface area (Å²) in [7, 11) is 0. The first-order chi connectivity index (χ1) is 13.7. The molecule has 150 valence electrons. The fourth-order valence-electron chi connectivity index (χ4n) is 2.37. The maximum atomic E-state index is 13.7. The van der Waals surface area contributed by atoms with E-state index in [4.69, 9.17) is 23.2 Å². The van der Waals surface area contributed by atoms with E-state index in [9.17, 15) is 27.6 Å². The third kappa shape index (κ3) is 4.42. The maximum absolute atomic E-state index is 13.7. The molecule has 0 atom stereocenters. The van der Waals surface area contributed by atoms with Crippen LogP contribution < -0.4 is 5.32 Å². The summed E-state index contributed by atoms with van der Waals surface area (Å²) in [5, 5.41) is 1.70. The first kappa shape index (κ1) is 21.2. The van der Waals surface area contributed by atoms with Crippen LogP contribution in [-0.2, 0) is 9.59 Å². The highest BCUT2D eigenvalue weighted by Crippen LogP contribution is 2.35. The average Bonchev–Trinajstić information content (AvgIpc) is 2.93. The van der Waals surface area contributed by atoms with Crippen molar-refractivity contribution in [2.75, 3.05) is 11.9 Å². The predicted molar refractivity (Wildman–Crippen MR) is 104 cm³/mol. The van der Waals surface area contributed by atoms with Crippen molar-refractivity contribution in [1.29, 1.82) is 0 Å². The molecule has 0 bridgehead atoms. The third-order valence-corrected chi connectivity index (χ3v) is 5.49. The number of hydrogen-bond donors (Lipinski definition) is 1. The zero-order chi connectivity index (χ0) is 21.3. The molecule has 1 fully saturated rings. The lowest BCUT2D eigenvalue weighted by molar-refractivity contribution is -0.127. The number of nitrogens with one attached hydrogen (secondary N) is 1. The number of anilines is 1. The molecule has 2 aromatic rings. The summed E-state index contributed by atoms with van der Waals surface area (Å²) in [5.41, 5.74) is -0.222. The molecule has 1 aliphatic heterocycles. The van der Waals surface area contributed by atoms with E-state index in [1.807, 2.05) is 5.32 Å². The fourth-order valence-corrected chi connectivity index (χ4v) is 3.56. The summed E-state index contributed by atoms with van der Waals surface area (Å²) in [5.74, 6) is -6.51. The predicted octanol–water partition coefficient (Wildman–Crippen LogP) is 5.09. The van der Waals surface area contributed by atoms with Gasteiger partial charge >= 0.3 is 0 Å². The molecule has 1 aliphatic rings. The van der Waals surface area contributed by atoms with Crippen LogP contribution >= 0.6 is 35.0 Å². The van der Waals surface area contributed by atoms with Crippen molar-refractivity contribution >= 4 is 63.8 Å². The van der Waals surface area contributed by atoms with Crippen molar-refractivity contribution < 1.29 is 27.6 Å². The van der Waals surface area contributed by atoms with Crippen molar-refractivity contribution in [3.63, 3.8) is 0 Å². The Hall–Kier alpha value is -2.49. The largest absolute Gasteiger partial charge is 0.322 e. The Morgan fingerprint density at radius 3 is 2.55 bits per heavy atom. The summed E-state index contributed by atoms with van der Waals surface area (Å²) >= 11 is 12.5. The number of benzene rings is 2. The van der Waals surface area contributed by atoms with E-state index in [-0.39, 0.29) is 15.0 Å². The van der Waals surface area contributed by atoms with Gasteiger partial charge in [0.1, 0.15) is 6.54 Å². The zero-order valence-corrected chi connectivity index (χ0v) is 16.5. The summed E-state index contributed by atoms with van der Waals surface area (Å²) < 4.78 is 39.8. The SMILES string of the molecule is O=C(CN1C(=O)S/C(=C/c2cccc(Cl)c2Cl)C1=O)Nc1ccc(F)c(F)c1F. The molecular formula is C18H9Cl2F3N2O3S. The van der Waals surface area contributed by atoms with E-state index >= 15 is 0 Å². The van der Waals surface area contributed by atoms with E-state index in [0.29, 0.717) is 28.3 Å². The Kier molecular flexibility index (Phi) is 6.21. The van der Waals surface area contributed by atoms with Gasteiger partial charge in [-0.2, -0.15) is 0 Å². The van der Waals surface area contributed by atoms with Crippen molar-refractivity contribution in [3.05, 3.63) is 68.3 Å². The molecule has 0 spiro atoms. The van der Waals surface area contributed by atoms with Gasteiger partial charge in [0.15, 0.2) is 17.5 Å². The molecule has 5 nitrogen and oxygen atoms in total. The normalized spacial score (nSPS) is 15.3. The van der Waals surface area contributed by atoms with Gasteiger partial charge in [-0.15, -0.1) is 0 Å². The number of amides is 3. The quantitative estimate of drug-likeness (QED) is 0.509. The van der Waals surface area contributed by atoms with E-state index in [0.717, 1.165) is 6.07 Å². The Bertz CT molecular complexity index is 1080. The van der Waals surface area contributed by atoms with Gasteiger partial charge in [-0.1, -0.05) is 35.3 Å². The molecule has 0 aromatic heterocycles. The Morgan fingerprint density at radius 1 is 1.10 bits per heavy atom. The maximum Gasteiger partial charge on any atom is 0.294 e. The lowest BCUT2D eigenvalue weighted by atomic mass is 10.2. The van der Waals surface area contributed by atoms with E-state index < -0.39 is 46.7 Å². The molecule has 1 N–H and O–H groups in total. The lowest BCUT2D eigenvalue weighted by Gasteiger charge is -2.13. The number of thioether (sulfide) groups is 1. The van der Waals surface area contributed by atoms with Crippen LogP contribution in [0.4, 0.5) is 23.7 Å². The van der Waals surface area contributed by atoms with Crippen molar-refractivity contribution in [1.82, 2.24) is 4.90 Å². The standard InChI is InChI=1S/C18H9Cl2F3N2O3S/c19-9-3-1-2-8(14(9)20)6-12-17(27)25(18(28)29-12)7-13(26)24-11-5-4-10(21)15(22)16(11)23/h1-6H,7H2,(H,24,26)/b12-6+. The lowest BCUT2D eigenvalue weighted by Crippen LogP contribution is -2.36. The van der Waals surface area contributed by atoms with Crippen LogP contribution in [0, 0.1) is 17.5 Å². The summed E-state index contributed by atoms with van der Waals surface area (Å²) in [6, 6.07) is 6.19. The van der Waals surface area contributed by atoms with Crippen LogP contribution in [0.15, 0.2) is 35.2 Å². The van der Waals surface area contributed by atoms with E-state index in [1.54, 1.807) is 18.2 Å². The number of carbonyl (C=O) groups excluding carboxylic acids is 3. The minimum Gasteiger partial charge on any atom is -0.322 e. The average molecular weight is 461 g/mol. The second-order valence-electron chi connectivity index (χ2n) is 5.68. The molecule has 0 unspecified atom stereocenters. The minimum absolute atomic E-state index is 0.00553. The number of hydrogen-bond acceptors (Lipinski definition) is 4. The Morgan fingerprint density at radius 2 is 1.83 bits per heavy atom. The smallest absolute Gasteiger partial charge is 0.294 e. The van der Waals surface area contributed by atoms with Gasteiger partial charge in [0.25, 0.3) is 11.1 Å². The van der Waals surface area contributed by atoms with Crippen molar-refractivity contribution in [2.45, 2.75) is 0 Å². The second kappa shape index (κ2) is 8.48. The van der Waals surface area contributed by atoms with Crippen LogP contribution in [0.1, 0.15) is 5.56 Å². The molecule has 29 heavy (non-hydrogen) atoms. The van der Waals surface area contributed by atoms with Crippen LogP contribution in [0.25, 0.3) is 6.08 Å². The van der Waals surface area contributed by atoms with Gasteiger partial charge in [0, 0.05) is 0 Å². The van der Waals surface area contributed by atoms with Crippen LogP contribution in [0.3, 0.4) is 0 Å². The Labute approximate surface area is 176 Å². The number of rotatable bonds is 4. The van der Waals surface area contributed by atoms with Gasteiger partial charge < -0.3 is 5.32 Å². The summed E-state index contributed by atoms with van der Waals surface area (Å²) in [4.78, 5) is 37.2. The number of carbonyl (C=O) groups is 3. The monoisotopic (exact) mass is 460 g/mol. The molecule has 3 amide bonds. The third-order valence-electron chi connectivity index (χ3n) is 3.75. The second-order valence-corrected chi connectivity index (χ2v) is 7.46. The van der Waals surface area contributed by atoms with Gasteiger partial charge in [0.2, 0.25) is 5.91 Å². The molecule has 1 heterocycles. The molecule has 2 aromatic carbocycles. The molecule has 1 saturated heterocycles. The number of nitrogens with zero attached hydrogens (tertiary/aromatic N) is 1. The van der Waals surface area contributed by atoms with Crippen LogP contribution in [0.5, 0.6) is 0 Å². The van der Waals surface area contributed by atoms with Crippen LogP contribution in [-0.4, -0.2) is 28.5 Å². The van der Waals surface area contributed by atoms with Crippen LogP contribution in [0.2, 0.25) is 10.0 Å². The first-order valence-corrected chi connectivity index (χ1v) is 9.39. The Balaban J connectivity index is 1.75. The summed E-state index contributed by atoms with van der Waals surface area (Å²) in [6.07, 6.45) is 1.35. The highest BCUT2D eigenvalue weighted by molar-refractivity contribution is 8.18. The van der Waals surface area contributed by atoms with Gasteiger partial charge in [-0.3, -0.25) is 19.3 Å². The van der Waals surface area contributed by atoms with E-state index in [1.165, 1.54) is 6.08 Å². The van der Waals surface area contributed by atoms with Crippen molar-refractivity contribution in [2.24, 2.45) is 0 Å². The van der Waals surface area contributed by atoms with Gasteiger partial charge in [-0.25, -0.2) is 13.2 Å². The fraction of sp³-hybridized carbons (Fsp3) is 0.0556.